The monoisotopic (exact) mass is 285 g/mol. The zero-order chi connectivity index (χ0) is 14.0. The van der Waals surface area contributed by atoms with E-state index in [-0.39, 0.29) is 5.54 Å². The lowest BCUT2D eigenvalue weighted by Gasteiger charge is -2.46. The van der Waals surface area contributed by atoms with Gasteiger partial charge in [0.15, 0.2) is 0 Å². The molecule has 1 fully saturated rings. The summed E-state index contributed by atoms with van der Waals surface area (Å²) in [6, 6.07) is 4.50. The fraction of sp³-hybridized carbons (Fsp3) is 0.600. The van der Waals surface area contributed by atoms with Gasteiger partial charge in [-0.2, -0.15) is 0 Å². The first kappa shape index (κ1) is 14.8. The van der Waals surface area contributed by atoms with Crippen molar-refractivity contribution >= 4 is 11.6 Å². The van der Waals surface area contributed by atoms with Crippen LogP contribution in [-0.4, -0.2) is 29.6 Å². The summed E-state index contributed by atoms with van der Waals surface area (Å²) in [6.45, 7) is 0. The molecular weight excluding hydrogens is 265 g/mol. The van der Waals surface area contributed by atoms with Crippen LogP contribution in [0.3, 0.4) is 0 Å². The Morgan fingerprint density at radius 2 is 1.89 bits per heavy atom. The largest absolute Gasteiger partial charge is 0.386 e. The molecule has 0 aromatic heterocycles. The zero-order valence-electron chi connectivity index (χ0n) is 11.5. The third-order valence-electron chi connectivity index (χ3n) is 4.38. The second kappa shape index (κ2) is 5.78. The molecule has 0 aliphatic heterocycles. The van der Waals surface area contributed by atoms with Crippen molar-refractivity contribution < 1.29 is 9.50 Å². The lowest BCUT2D eigenvalue weighted by Crippen LogP contribution is -2.50. The van der Waals surface area contributed by atoms with Crippen LogP contribution in [0.15, 0.2) is 18.2 Å². The summed E-state index contributed by atoms with van der Waals surface area (Å²) in [5.41, 5.74) is -0.0209. The van der Waals surface area contributed by atoms with Gasteiger partial charge in [-0.3, -0.25) is 0 Å². The minimum absolute atomic E-state index is 0.347. The van der Waals surface area contributed by atoms with Crippen molar-refractivity contribution in [2.45, 2.75) is 43.7 Å². The average molecular weight is 286 g/mol. The number of hydrogen-bond acceptors (Lipinski definition) is 2. The van der Waals surface area contributed by atoms with Gasteiger partial charge >= 0.3 is 0 Å². The van der Waals surface area contributed by atoms with E-state index < -0.39 is 11.9 Å². The molecule has 106 valence electrons. The molecule has 1 aromatic carbocycles. The molecule has 1 unspecified atom stereocenters. The summed E-state index contributed by atoms with van der Waals surface area (Å²) in [6.07, 6.45) is 4.30. The molecule has 0 bridgehead atoms. The van der Waals surface area contributed by atoms with Crippen LogP contribution >= 0.6 is 11.6 Å². The van der Waals surface area contributed by atoms with Gasteiger partial charge in [0.1, 0.15) is 11.9 Å². The molecule has 0 amide bonds. The predicted octanol–water partition coefficient (Wildman–Crippen LogP) is 3.78. The number of rotatable bonds is 3. The fourth-order valence-electron chi connectivity index (χ4n) is 3.14. The van der Waals surface area contributed by atoms with Gasteiger partial charge in [-0.1, -0.05) is 36.9 Å². The second-order valence-corrected chi connectivity index (χ2v) is 6.06. The summed E-state index contributed by atoms with van der Waals surface area (Å²) < 4.78 is 14.0. The first-order valence-corrected chi connectivity index (χ1v) is 7.15. The molecule has 19 heavy (non-hydrogen) atoms. The molecule has 2 rings (SSSR count). The summed E-state index contributed by atoms with van der Waals surface area (Å²) in [4.78, 5) is 2.05. The Balaban J connectivity index is 2.36. The van der Waals surface area contributed by atoms with Crippen LogP contribution in [-0.2, 0) is 0 Å². The Morgan fingerprint density at radius 1 is 1.26 bits per heavy atom. The summed E-state index contributed by atoms with van der Waals surface area (Å²) in [5.74, 6) is -0.424. The molecule has 1 aliphatic rings. The van der Waals surface area contributed by atoms with Gasteiger partial charge in [0, 0.05) is 10.6 Å². The highest BCUT2D eigenvalue weighted by Crippen LogP contribution is 2.42. The van der Waals surface area contributed by atoms with E-state index >= 15 is 0 Å². The normalized spacial score (nSPS) is 20.5. The van der Waals surface area contributed by atoms with Crippen molar-refractivity contribution in [2.24, 2.45) is 0 Å². The molecule has 1 N–H and O–H groups in total. The molecule has 2 nitrogen and oxygen atoms in total. The Morgan fingerprint density at radius 3 is 2.42 bits per heavy atom. The van der Waals surface area contributed by atoms with E-state index in [1.54, 1.807) is 12.1 Å². The predicted molar refractivity (Wildman–Crippen MR) is 75.9 cm³/mol. The molecular formula is C15H21ClFNO. The molecule has 0 radical (unpaired) electrons. The van der Waals surface area contributed by atoms with Crippen LogP contribution in [0.1, 0.15) is 43.8 Å². The van der Waals surface area contributed by atoms with E-state index in [0.717, 1.165) is 25.7 Å². The SMILES string of the molecule is CN(C)C1(C(O)c2ccc(Cl)cc2F)CCCCC1. The highest BCUT2D eigenvalue weighted by Gasteiger charge is 2.42. The van der Waals surface area contributed by atoms with Crippen molar-refractivity contribution in [2.75, 3.05) is 14.1 Å². The molecule has 1 aliphatic carbocycles. The van der Waals surface area contributed by atoms with E-state index in [2.05, 4.69) is 0 Å². The first-order chi connectivity index (χ1) is 8.97. The maximum absolute atomic E-state index is 14.0. The zero-order valence-corrected chi connectivity index (χ0v) is 12.3. The minimum Gasteiger partial charge on any atom is -0.386 e. The fourth-order valence-corrected chi connectivity index (χ4v) is 3.30. The highest BCUT2D eigenvalue weighted by atomic mass is 35.5. The van der Waals surface area contributed by atoms with E-state index in [1.165, 1.54) is 12.5 Å². The molecule has 0 spiro atoms. The van der Waals surface area contributed by atoms with Crippen LogP contribution in [0.4, 0.5) is 4.39 Å². The van der Waals surface area contributed by atoms with Gasteiger partial charge in [0.25, 0.3) is 0 Å². The maximum Gasteiger partial charge on any atom is 0.130 e. The van der Waals surface area contributed by atoms with E-state index in [1.807, 2.05) is 19.0 Å². The van der Waals surface area contributed by atoms with Gasteiger partial charge in [-0.05, 0) is 39.1 Å². The Hall–Kier alpha value is -0.640. The molecule has 1 aromatic rings. The summed E-state index contributed by atoms with van der Waals surface area (Å²) in [7, 11) is 3.92. The van der Waals surface area contributed by atoms with Crippen LogP contribution in [0, 0.1) is 5.82 Å². The molecule has 1 atom stereocenters. The van der Waals surface area contributed by atoms with Crippen LogP contribution in [0.5, 0.6) is 0 Å². The highest BCUT2D eigenvalue weighted by molar-refractivity contribution is 6.30. The Bertz CT molecular complexity index is 444. The van der Waals surface area contributed by atoms with Gasteiger partial charge in [-0.25, -0.2) is 4.39 Å². The average Bonchev–Trinajstić information content (AvgIpc) is 2.38. The Kier molecular flexibility index (Phi) is 4.49. The van der Waals surface area contributed by atoms with Crippen LogP contribution in [0.25, 0.3) is 0 Å². The number of nitrogens with zero attached hydrogens (tertiary/aromatic N) is 1. The van der Waals surface area contributed by atoms with Crippen molar-refractivity contribution in [3.8, 4) is 0 Å². The topological polar surface area (TPSA) is 23.5 Å². The lowest BCUT2D eigenvalue weighted by molar-refractivity contribution is -0.0352. The smallest absolute Gasteiger partial charge is 0.130 e. The van der Waals surface area contributed by atoms with Crippen molar-refractivity contribution in [1.29, 1.82) is 0 Å². The maximum atomic E-state index is 14.0. The second-order valence-electron chi connectivity index (χ2n) is 5.63. The van der Waals surface area contributed by atoms with Gasteiger partial charge < -0.3 is 10.0 Å². The van der Waals surface area contributed by atoms with Gasteiger partial charge in [-0.15, -0.1) is 0 Å². The minimum atomic E-state index is -0.819. The number of likely N-dealkylation sites (N-methyl/N-ethyl adjacent to an activating group) is 1. The van der Waals surface area contributed by atoms with E-state index in [4.69, 9.17) is 11.6 Å². The Labute approximate surface area is 119 Å². The third kappa shape index (κ3) is 2.78. The molecule has 1 saturated carbocycles. The number of halogens is 2. The summed E-state index contributed by atoms with van der Waals surface area (Å²) in [5, 5.41) is 11.1. The van der Waals surface area contributed by atoms with Crippen molar-refractivity contribution in [3.05, 3.63) is 34.6 Å². The first-order valence-electron chi connectivity index (χ1n) is 6.78. The van der Waals surface area contributed by atoms with E-state index in [0.29, 0.717) is 10.6 Å². The molecule has 0 heterocycles. The standard InChI is InChI=1S/C15H21ClFNO/c1-18(2)15(8-4-3-5-9-15)14(19)12-7-6-11(16)10-13(12)17/h6-7,10,14,19H,3-5,8-9H2,1-2H3. The van der Waals surface area contributed by atoms with Crippen molar-refractivity contribution in [3.63, 3.8) is 0 Å². The van der Waals surface area contributed by atoms with Crippen molar-refractivity contribution in [1.82, 2.24) is 4.90 Å². The van der Waals surface area contributed by atoms with Gasteiger partial charge in [0.05, 0.1) is 5.54 Å². The lowest BCUT2D eigenvalue weighted by atomic mass is 9.74. The van der Waals surface area contributed by atoms with Crippen LogP contribution in [0.2, 0.25) is 5.02 Å². The number of aliphatic hydroxyl groups excluding tert-OH is 1. The van der Waals surface area contributed by atoms with Gasteiger partial charge in [0.2, 0.25) is 0 Å². The number of aliphatic hydroxyl groups is 1. The molecule has 0 saturated heterocycles. The number of benzene rings is 1. The number of hydrogen-bond donors (Lipinski definition) is 1. The van der Waals surface area contributed by atoms with E-state index in [9.17, 15) is 9.50 Å². The summed E-state index contributed by atoms with van der Waals surface area (Å²) >= 11 is 5.77. The molecule has 4 heteroatoms. The quantitative estimate of drug-likeness (QED) is 0.914. The van der Waals surface area contributed by atoms with Crippen LogP contribution < -0.4 is 0 Å². The third-order valence-corrected chi connectivity index (χ3v) is 4.61.